The number of rotatable bonds is 8. The first-order valence-corrected chi connectivity index (χ1v) is 9.14. The monoisotopic (exact) mass is 375 g/mol. The number of thioether (sulfide) groups is 1. The Kier molecular flexibility index (Phi) is 8.45. The van der Waals surface area contributed by atoms with Gasteiger partial charge in [-0.15, -0.1) is 0 Å². The first kappa shape index (κ1) is 18.9. The van der Waals surface area contributed by atoms with Gasteiger partial charge in [-0.25, -0.2) is 0 Å². The third-order valence-electron chi connectivity index (χ3n) is 2.93. The molecular weight excluding hydrogens is 358 g/mol. The highest BCUT2D eigenvalue weighted by Crippen LogP contribution is 2.15. The Balaban J connectivity index is 1.64. The second-order valence-electron chi connectivity index (χ2n) is 4.74. The number of halogens is 1. The molecule has 1 aromatic carbocycles. The third-order valence-corrected chi connectivity index (χ3v) is 4.11. The second-order valence-corrected chi connectivity index (χ2v) is 6.40. The number of pyridine rings is 1. The molecule has 0 amide bonds. The van der Waals surface area contributed by atoms with Crippen LogP contribution in [0.25, 0.3) is 0 Å². The normalized spacial score (nSPS) is 10.8. The fraction of sp³-hybridized carbons (Fsp3) is 0.235. The molecule has 0 saturated heterocycles. The molecule has 0 bridgehead atoms. The van der Waals surface area contributed by atoms with Gasteiger partial charge in [-0.2, -0.15) is 17.0 Å². The number of benzene rings is 1. The van der Waals surface area contributed by atoms with Gasteiger partial charge in [0.25, 0.3) is 0 Å². The van der Waals surface area contributed by atoms with Gasteiger partial charge in [-0.1, -0.05) is 11.6 Å². The Labute approximate surface area is 156 Å². The van der Waals surface area contributed by atoms with E-state index in [9.17, 15) is 0 Å². The highest BCUT2D eigenvalue weighted by molar-refractivity contribution is 7.99. The van der Waals surface area contributed by atoms with Crippen molar-refractivity contribution in [3.05, 3.63) is 53.8 Å². The van der Waals surface area contributed by atoms with Gasteiger partial charge in [0.2, 0.25) is 5.96 Å². The van der Waals surface area contributed by atoms with Crippen molar-refractivity contribution in [2.75, 3.05) is 30.0 Å². The summed E-state index contributed by atoms with van der Waals surface area (Å²) >= 11 is 7.56. The van der Waals surface area contributed by atoms with Crippen LogP contribution in [0, 0.1) is 11.5 Å². The lowest BCUT2D eigenvalue weighted by Crippen LogP contribution is -2.27. The highest BCUT2D eigenvalue weighted by atomic mass is 35.5. The Morgan fingerprint density at radius 2 is 1.96 bits per heavy atom. The summed E-state index contributed by atoms with van der Waals surface area (Å²) in [5.74, 6) is 2.92. The Morgan fingerprint density at radius 1 is 1.20 bits per heavy atom. The van der Waals surface area contributed by atoms with Gasteiger partial charge < -0.3 is 10.1 Å². The molecular formula is C17H18ClN5OS. The Hall–Kier alpha value is -2.43. The minimum atomic E-state index is 0.423. The van der Waals surface area contributed by atoms with E-state index in [4.69, 9.17) is 21.6 Å². The minimum Gasteiger partial charge on any atom is -0.493 e. The molecule has 0 unspecified atom stereocenters. The second kappa shape index (κ2) is 11.2. The quantitative estimate of drug-likeness (QED) is 0.242. The van der Waals surface area contributed by atoms with Crippen LogP contribution >= 0.6 is 23.4 Å². The van der Waals surface area contributed by atoms with Crippen molar-refractivity contribution in [3.8, 4) is 11.9 Å². The lowest BCUT2D eigenvalue weighted by Gasteiger charge is -2.08. The third kappa shape index (κ3) is 7.79. The summed E-state index contributed by atoms with van der Waals surface area (Å²) in [6.45, 7) is 1.21. The van der Waals surface area contributed by atoms with Crippen LogP contribution in [0.4, 0.5) is 5.69 Å². The topological polar surface area (TPSA) is 82.3 Å². The Morgan fingerprint density at radius 3 is 2.68 bits per heavy atom. The molecule has 130 valence electrons. The minimum absolute atomic E-state index is 0.423. The van der Waals surface area contributed by atoms with Crippen molar-refractivity contribution in [1.29, 1.82) is 5.26 Å². The lowest BCUT2D eigenvalue weighted by molar-refractivity contribution is 0.344. The van der Waals surface area contributed by atoms with E-state index in [1.165, 1.54) is 0 Å². The predicted molar refractivity (Wildman–Crippen MR) is 103 cm³/mol. The number of nitrogens with one attached hydrogen (secondary N) is 2. The van der Waals surface area contributed by atoms with Crippen molar-refractivity contribution in [2.45, 2.75) is 0 Å². The zero-order valence-electron chi connectivity index (χ0n) is 13.5. The molecule has 0 fully saturated rings. The van der Waals surface area contributed by atoms with Gasteiger partial charge in [-0.3, -0.25) is 15.3 Å². The molecule has 2 aromatic rings. The van der Waals surface area contributed by atoms with E-state index >= 15 is 0 Å². The number of guanidine groups is 1. The summed E-state index contributed by atoms with van der Waals surface area (Å²) in [5, 5.41) is 15.1. The van der Waals surface area contributed by atoms with E-state index in [0.717, 1.165) is 22.9 Å². The number of hydrogen-bond donors (Lipinski definition) is 2. The van der Waals surface area contributed by atoms with E-state index in [1.54, 1.807) is 48.4 Å². The number of ether oxygens (including phenoxy) is 1. The highest BCUT2D eigenvalue weighted by Gasteiger charge is 1.99. The number of nitriles is 1. The molecule has 0 spiro atoms. The van der Waals surface area contributed by atoms with Crippen LogP contribution in [0.1, 0.15) is 0 Å². The summed E-state index contributed by atoms with van der Waals surface area (Å²) in [7, 11) is 0. The van der Waals surface area contributed by atoms with Crippen molar-refractivity contribution in [3.63, 3.8) is 0 Å². The van der Waals surface area contributed by atoms with Gasteiger partial charge in [-0.05, 0) is 36.4 Å². The van der Waals surface area contributed by atoms with Gasteiger partial charge in [0.1, 0.15) is 5.75 Å². The number of aromatic nitrogens is 1. The van der Waals surface area contributed by atoms with E-state index in [0.29, 0.717) is 24.1 Å². The maximum absolute atomic E-state index is 8.79. The summed E-state index contributed by atoms with van der Waals surface area (Å²) in [4.78, 5) is 8.29. The van der Waals surface area contributed by atoms with E-state index in [-0.39, 0.29) is 0 Å². The number of anilines is 1. The van der Waals surface area contributed by atoms with Crippen LogP contribution in [0.15, 0.2) is 53.8 Å². The molecule has 1 heterocycles. The SMILES string of the molecule is N#CNC(=NCCSCCOc1ccc(Cl)cc1)Nc1ccncc1. The molecule has 0 aliphatic carbocycles. The number of aliphatic imine (C=N–C) groups is 1. The summed E-state index contributed by atoms with van der Waals surface area (Å²) in [6.07, 6.45) is 5.22. The first-order valence-electron chi connectivity index (χ1n) is 7.60. The Bertz CT molecular complexity index is 703. The molecule has 0 radical (unpaired) electrons. The summed E-state index contributed by atoms with van der Waals surface area (Å²) < 4.78 is 5.62. The zero-order valence-corrected chi connectivity index (χ0v) is 15.1. The average molecular weight is 376 g/mol. The van der Waals surface area contributed by atoms with Gasteiger partial charge in [0.05, 0.1) is 13.2 Å². The fourth-order valence-corrected chi connectivity index (χ4v) is 2.56. The fourth-order valence-electron chi connectivity index (χ4n) is 1.81. The van der Waals surface area contributed by atoms with Crippen LogP contribution in [0.3, 0.4) is 0 Å². The van der Waals surface area contributed by atoms with Crippen molar-refractivity contribution < 1.29 is 4.74 Å². The molecule has 0 saturated carbocycles. The summed E-state index contributed by atoms with van der Waals surface area (Å²) in [5.41, 5.74) is 0.820. The lowest BCUT2D eigenvalue weighted by atomic mass is 10.3. The predicted octanol–water partition coefficient (Wildman–Crippen LogP) is 3.39. The van der Waals surface area contributed by atoms with Gasteiger partial charge >= 0.3 is 0 Å². The molecule has 0 aliphatic heterocycles. The van der Waals surface area contributed by atoms with Crippen LogP contribution in [0.5, 0.6) is 5.75 Å². The van der Waals surface area contributed by atoms with E-state index in [1.807, 2.05) is 18.3 Å². The van der Waals surface area contributed by atoms with E-state index in [2.05, 4.69) is 20.6 Å². The maximum Gasteiger partial charge on any atom is 0.209 e. The van der Waals surface area contributed by atoms with Crippen LogP contribution in [-0.2, 0) is 0 Å². The molecule has 0 atom stereocenters. The largest absolute Gasteiger partial charge is 0.493 e. The van der Waals surface area contributed by atoms with Gasteiger partial charge in [0, 0.05) is 34.6 Å². The van der Waals surface area contributed by atoms with Gasteiger partial charge in [0.15, 0.2) is 6.19 Å². The molecule has 8 heteroatoms. The molecule has 1 aromatic heterocycles. The first-order chi connectivity index (χ1) is 12.3. The molecule has 6 nitrogen and oxygen atoms in total. The molecule has 25 heavy (non-hydrogen) atoms. The van der Waals surface area contributed by atoms with Crippen LogP contribution in [-0.4, -0.2) is 35.6 Å². The maximum atomic E-state index is 8.79. The number of nitrogens with zero attached hydrogens (tertiary/aromatic N) is 3. The number of hydrogen-bond acceptors (Lipinski definition) is 5. The van der Waals surface area contributed by atoms with Crippen molar-refractivity contribution >= 4 is 35.0 Å². The zero-order chi connectivity index (χ0) is 17.7. The summed E-state index contributed by atoms with van der Waals surface area (Å²) in [6, 6.07) is 10.9. The molecule has 2 rings (SSSR count). The molecule has 2 N–H and O–H groups in total. The van der Waals surface area contributed by atoms with Crippen LogP contribution < -0.4 is 15.4 Å². The van der Waals surface area contributed by atoms with Crippen molar-refractivity contribution in [2.24, 2.45) is 4.99 Å². The average Bonchev–Trinajstić information content (AvgIpc) is 2.63. The smallest absolute Gasteiger partial charge is 0.209 e. The van der Waals surface area contributed by atoms with Crippen molar-refractivity contribution in [1.82, 2.24) is 10.3 Å². The van der Waals surface area contributed by atoms with E-state index < -0.39 is 0 Å². The molecule has 0 aliphatic rings. The van der Waals surface area contributed by atoms with Crippen LogP contribution in [0.2, 0.25) is 5.02 Å². The standard InChI is InChI=1S/C17H18ClN5OS/c18-14-1-3-16(4-2-14)24-10-12-25-11-9-21-17(22-13-19)23-15-5-7-20-8-6-15/h1-8H,9-12H2,(H2,20,21,22,23).